The Bertz CT molecular complexity index is 569. The zero-order valence-electron chi connectivity index (χ0n) is 14.5. The number of likely N-dealkylation sites (N-methyl/N-ethyl adjacent to an activating group) is 1. The predicted molar refractivity (Wildman–Crippen MR) is 95.8 cm³/mol. The Kier molecular flexibility index (Phi) is 5.56. The van der Waals surface area contributed by atoms with Crippen molar-refractivity contribution >= 4 is 23.2 Å². The highest BCUT2D eigenvalue weighted by molar-refractivity contribution is 7.07. The Hall–Kier alpha value is -1.40. The van der Waals surface area contributed by atoms with Crippen LogP contribution in [0.1, 0.15) is 37.3 Å². The monoisotopic (exact) mass is 349 g/mol. The van der Waals surface area contributed by atoms with Gasteiger partial charge in [0.25, 0.3) is 0 Å². The van der Waals surface area contributed by atoms with Crippen LogP contribution in [0.3, 0.4) is 0 Å². The van der Waals surface area contributed by atoms with Crippen LogP contribution in [0, 0.1) is 11.8 Å². The van der Waals surface area contributed by atoms with Crippen molar-refractivity contribution in [2.75, 3.05) is 33.7 Å². The fourth-order valence-corrected chi connectivity index (χ4v) is 4.09. The molecule has 1 aliphatic heterocycles. The fourth-order valence-electron chi connectivity index (χ4n) is 3.38. The van der Waals surface area contributed by atoms with Gasteiger partial charge in [-0.15, -0.1) is 0 Å². The second-order valence-corrected chi connectivity index (χ2v) is 7.96. The van der Waals surface area contributed by atoms with Gasteiger partial charge in [-0.25, -0.2) is 0 Å². The molecule has 1 N–H and O–H groups in total. The number of rotatable bonds is 6. The molecule has 2 atom stereocenters. The normalized spacial score (nSPS) is 22.5. The summed E-state index contributed by atoms with van der Waals surface area (Å²) < 4.78 is 0. The number of nitrogens with one attached hydrogen (secondary N) is 1. The molecule has 2 amide bonds. The summed E-state index contributed by atoms with van der Waals surface area (Å²) in [6.07, 6.45) is 3.86. The van der Waals surface area contributed by atoms with E-state index in [1.165, 1.54) is 5.56 Å². The van der Waals surface area contributed by atoms with Crippen molar-refractivity contribution in [1.82, 2.24) is 15.1 Å². The smallest absolute Gasteiger partial charge is 0.225 e. The van der Waals surface area contributed by atoms with Gasteiger partial charge in [-0.1, -0.05) is 0 Å². The van der Waals surface area contributed by atoms with Crippen LogP contribution in [0.5, 0.6) is 0 Å². The highest BCUT2D eigenvalue weighted by Crippen LogP contribution is 2.32. The molecule has 0 aromatic carbocycles. The van der Waals surface area contributed by atoms with E-state index in [1.54, 1.807) is 11.3 Å². The van der Waals surface area contributed by atoms with Gasteiger partial charge in [-0.3, -0.25) is 9.59 Å². The van der Waals surface area contributed by atoms with Crippen LogP contribution >= 0.6 is 11.3 Å². The summed E-state index contributed by atoms with van der Waals surface area (Å²) in [5.41, 5.74) is 1.24. The Balaban J connectivity index is 1.53. The van der Waals surface area contributed by atoms with Crippen LogP contribution in [-0.2, 0) is 9.59 Å². The Labute approximate surface area is 148 Å². The topological polar surface area (TPSA) is 52.7 Å². The van der Waals surface area contributed by atoms with Crippen molar-refractivity contribution in [3.05, 3.63) is 22.4 Å². The molecule has 1 saturated carbocycles. The molecule has 1 aromatic rings. The van der Waals surface area contributed by atoms with E-state index >= 15 is 0 Å². The largest absolute Gasteiger partial charge is 0.354 e. The van der Waals surface area contributed by atoms with Crippen molar-refractivity contribution < 1.29 is 9.59 Å². The van der Waals surface area contributed by atoms with E-state index in [9.17, 15) is 9.59 Å². The molecule has 6 heteroatoms. The Morgan fingerprint density at radius 2 is 2.12 bits per heavy atom. The molecule has 3 rings (SSSR count). The number of likely N-dealkylation sites (tertiary alicyclic amines) is 1. The van der Waals surface area contributed by atoms with E-state index in [1.807, 2.05) is 19.0 Å². The number of piperidine rings is 1. The molecule has 1 aromatic heterocycles. The van der Waals surface area contributed by atoms with Gasteiger partial charge in [-0.05, 0) is 62.2 Å². The SMILES string of the molecule is CN(C)[C@H](CNC(=O)[C@H]1CCCN(C(=O)C2CC2)C1)c1ccsc1. The summed E-state index contributed by atoms with van der Waals surface area (Å²) in [7, 11) is 4.07. The Morgan fingerprint density at radius 3 is 2.75 bits per heavy atom. The average Bonchev–Trinajstić information content (AvgIpc) is 3.30. The first-order valence-corrected chi connectivity index (χ1v) is 9.75. The highest BCUT2D eigenvalue weighted by atomic mass is 32.1. The number of hydrogen-bond donors (Lipinski definition) is 1. The van der Waals surface area contributed by atoms with Crippen molar-refractivity contribution in [1.29, 1.82) is 0 Å². The maximum absolute atomic E-state index is 12.6. The molecule has 0 unspecified atom stereocenters. The summed E-state index contributed by atoms with van der Waals surface area (Å²) >= 11 is 1.68. The summed E-state index contributed by atoms with van der Waals surface area (Å²) in [4.78, 5) is 28.9. The minimum absolute atomic E-state index is 0.0632. The molecule has 24 heavy (non-hydrogen) atoms. The van der Waals surface area contributed by atoms with Gasteiger partial charge in [0.1, 0.15) is 0 Å². The second kappa shape index (κ2) is 7.66. The molecule has 5 nitrogen and oxygen atoms in total. The van der Waals surface area contributed by atoms with Gasteiger partial charge in [-0.2, -0.15) is 11.3 Å². The summed E-state index contributed by atoms with van der Waals surface area (Å²) in [6, 6.07) is 2.30. The molecule has 0 bridgehead atoms. The van der Waals surface area contributed by atoms with Crippen LogP contribution in [-0.4, -0.2) is 55.3 Å². The number of hydrogen-bond acceptors (Lipinski definition) is 4. The summed E-state index contributed by atoms with van der Waals surface area (Å²) in [5, 5.41) is 7.31. The van der Waals surface area contributed by atoms with Crippen LogP contribution in [0.4, 0.5) is 0 Å². The zero-order chi connectivity index (χ0) is 17.1. The van der Waals surface area contributed by atoms with Crippen molar-refractivity contribution in [2.45, 2.75) is 31.7 Å². The molecule has 2 aliphatic rings. The maximum Gasteiger partial charge on any atom is 0.225 e. The lowest BCUT2D eigenvalue weighted by Gasteiger charge is -2.33. The third-order valence-corrected chi connectivity index (χ3v) is 5.75. The molecule has 2 fully saturated rings. The first-order chi connectivity index (χ1) is 11.6. The molecular weight excluding hydrogens is 322 g/mol. The number of amides is 2. The second-order valence-electron chi connectivity index (χ2n) is 7.18. The van der Waals surface area contributed by atoms with Crippen molar-refractivity contribution in [3.8, 4) is 0 Å². The predicted octanol–water partition coefficient (Wildman–Crippen LogP) is 2.12. The quantitative estimate of drug-likeness (QED) is 0.856. The van der Waals surface area contributed by atoms with E-state index in [0.29, 0.717) is 13.1 Å². The number of carbonyl (C=O) groups excluding carboxylic acids is 2. The number of thiophene rings is 1. The molecule has 2 heterocycles. The highest BCUT2D eigenvalue weighted by Gasteiger charge is 2.36. The fraction of sp³-hybridized carbons (Fsp3) is 0.667. The van der Waals surface area contributed by atoms with Gasteiger partial charge in [0.2, 0.25) is 11.8 Å². The summed E-state index contributed by atoms with van der Waals surface area (Å²) in [5.74, 6) is 0.526. The van der Waals surface area contributed by atoms with E-state index in [0.717, 1.165) is 32.2 Å². The minimum atomic E-state index is -0.0632. The maximum atomic E-state index is 12.6. The van der Waals surface area contributed by atoms with E-state index in [2.05, 4.69) is 27.0 Å². The zero-order valence-corrected chi connectivity index (χ0v) is 15.3. The first kappa shape index (κ1) is 17.4. The van der Waals surface area contributed by atoms with Gasteiger partial charge in [0.15, 0.2) is 0 Å². The lowest BCUT2D eigenvalue weighted by atomic mass is 9.96. The average molecular weight is 350 g/mol. The molecule has 1 aliphatic carbocycles. The third-order valence-electron chi connectivity index (χ3n) is 5.05. The summed E-state index contributed by atoms with van der Waals surface area (Å²) in [6.45, 7) is 2.01. The van der Waals surface area contributed by atoms with Gasteiger partial charge < -0.3 is 15.1 Å². The third kappa shape index (κ3) is 4.16. The molecule has 0 spiro atoms. The first-order valence-electron chi connectivity index (χ1n) is 8.81. The van der Waals surface area contributed by atoms with Crippen LogP contribution in [0.25, 0.3) is 0 Å². The van der Waals surface area contributed by atoms with Crippen molar-refractivity contribution in [3.63, 3.8) is 0 Å². The van der Waals surface area contributed by atoms with Gasteiger partial charge in [0, 0.05) is 25.6 Å². The van der Waals surface area contributed by atoms with Crippen LogP contribution < -0.4 is 5.32 Å². The Morgan fingerprint density at radius 1 is 1.33 bits per heavy atom. The van der Waals surface area contributed by atoms with E-state index < -0.39 is 0 Å². The van der Waals surface area contributed by atoms with E-state index in [4.69, 9.17) is 0 Å². The van der Waals surface area contributed by atoms with E-state index in [-0.39, 0.29) is 29.7 Å². The van der Waals surface area contributed by atoms with Crippen LogP contribution in [0.15, 0.2) is 16.8 Å². The van der Waals surface area contributed by atoms with Gasteiger partial charge >= 0.3 is 0 Å². The standard InChI is InChI=1S/C18H27N3O2S/c1-20(2)16(15-7-9-24-12-15)10-19-17(22)14-4-3-8-21(11-14)18(23)13-5-6-13/h7,9,12-14,16H,3-6,8,10-11H2,1-2H3,(H,19,22)/t14-,16+/m0/s1. The minimum Gasteiger partial charge on any atom is -0.354 e. The van der Waals surface area contributed by atoms with Crippen molar-refractivity contribution in [2.24, 2.45) is 11.8 Å². The van der Waals surface area contributed by atoms with Gasteiger partial charge in [0.05, 0.1) is 12.0 Å². The molecular formula is C18H27N3O2S. The molecule has 1 saturated heterocycles. The molecule has 0 radical (unpaired) electrons. The lowest BCUT2D eigenvalue weighted by molar-refractivity contribution is -0.136. The molecule has 132 valence electrons. The van der Waals surface area contributed by atoms with Crippen LogP contribution in [0.2, 0.25) is 0 Å². The number of carbonyl (C=O) groups is 2. The number of nitrogens with zero attached hydrogens (tertiary/aromatic N) is 2. The lowest BCUT2D eigenvalue weighted by Crippen LogP contribution is -2.47.